The van der Waals surface area contributed by atoms with Crippen molar-refractivity contribution in [3.63, 3.8) is 0 Å². The lowest BCUT2D eigenvalue weighted by atomic mass is 9.63. The fourth-order valence-corrected chi connectivity index (χ4v) is 5.06. The molecule has 1 aromatic carbocycles. The molecular formula is C20H20N2O4. The molecule has 0 spiro atoms. The fraction of sp³-hybridized carbons (Fsp3) is 0.450. The maximum Gasteiger partial charge on any atom is 0.254 e. The molecule has 2 saturated carbocycles. The number of rotatable bonds is 4. The number of aromatic hydroxyl groups is 1. The van der Waals surface area contributed by atoms with Crippen LogP contribution in [-0.2, 0) is 9.59 Å². The van der Waals surface area contributed by atoms with Crippen molar-refractivity contribution in [2.75, 3.05) is 6.61 Å². The molecule has 134 valence electrons. The molecule has 1 N–H and O–H groups in total. The van der Waals surface area contributed by atoms with E-state index >= 15 is 0 Å². The van der Waals surface area contributed by atoms with E-state index in [1.165, 1.54) is 12.3 Å². The molecule has 2 bridgehead atoms. The van der Waals surface area contributed by atoms with Gasteiger partial charge in [-0.2, -0.15) is 10.1 Å². The van der Waals surface area contributed by atoms with E-state index in [9.17, 15) is 14.7 Å². The molecule has 2 amide bonds. The van der Waals surface area contributed by atoms with Crippen molar-refractivity contribution in [1.29, 1.82) is 0 Å². The van der Waals surface area contributed by atoms with Crippen molar-refractivity contribution >= 4 is 18.0 Å². The van der Waals surface area contributed by atoms with Gasteiger partial charge in [0, 0.05) is 0 Å². The Morgan fingerprint density at radius 2 is 1.85 bits per heavy atom. The van der Waals surface area contributed by atoms with Crippen LogP contribution in [0, 0.1) is 35.5 Å². The van der Waals surface area contributed by atoms with Gasteiger partial charge in [0.15, 0.2) is 11.5 Å². The number of amides is 2. The summed E-state index contributed by atoms with van der Waals surface area (Å²) in [4.78, 5) is 25.7. The highest BCUT2D eigenvalue weighted by Gasteiger charge is 2.67. The van der Waals surface area contributed by atoms with Crippen LogP contribution in [0.1, 0.15) is 18.9 Å². The lowest BCUT2D eigenvalue weighted by molar-refractivity contribution is -0.140. The van der Waals surface area contributed by atoms with Gasteiger partial charge in [0.25, 0.3) is 11.8 Å². The number of allylic oxidation sites excluding steroid dienone is 2. The number of ether oxygens (including phenoxy) is 1. The smallest absolute Gasteiger partial charge is 0.254 e. The minimum Gasteiger partial charge on any atom is -0.504 e. The van der Waals surface area contributed by atoms with Crippen molar-refractivity contribution < 1.29 is 19.4 Å². The number of phenols is 1. The average Bonchev–Trinajstić information content (AvgIpc) is 3.42. The molecule has 6 atom stereocenters. The van der Waals surface area contributed by atoms with E-state index in [1.54, 1.807) is 12.1 Å². The second-order valence-corrected chi connectivity index (χ2v) is 7.55. The molecular weight excluding hydrogens is 332 g/mol. The second-order valence-electron chi connectivity index (χ2n) is 7.55. The number of hydrogen-bond acceptors (Lipinski definition) is 5. The summed E-state index contributed by atoms with van der Waals surface area (Å²) >= 11 is 0. The molecule has 6 nitrogen and oxygen atoms in total. The molecule has 1 heterocycles. The third kappa shape index (κ3) is 2.08. The predicted octanol–water partition coefficient (Wildman–Crippen LogP) is 2.18. The van der Waals surface area contributed by atoms with E-state index < -0.39 is 0 Å². The number of carbonyl (C=O) groups excluding carboxylic acids is 2. The van der Waals surface area contributed by atoms with Gasteiger partial charge in [-0.1, -0.05) is 12.2 Å². The zero-order valence-corrected chi connectivity index (χ0v) is 14.4. The molecule has 26 heavy (non-hydrogen) atoms. The SMILES string of the molecule is CCOc1cc(/C=N/N2C(=O)[C@@H]3[C@@H]4C=C[C@@H]([C@@H]5C[C@H]45)[C@@H]3C2=O)ccc1O. The van der Waals surface area contributed by atoms with Crippen molar-refractivity contribution in [2.45, 2.75) is 13.3 Å². The quantitative estimate of drug-likeness (QED) is 0.512. The molecule has 0 aromatic heterocycles. The Hall–Kier alpha value is -2.63. The van der Waals surface area contributed by atoms with Crippen molar-refractivity contribution in [3.05, 3.63) is 35.9 Å². The van der Waals surface area contributed by atoms with Crippen LogP contribution in [0.3, 0.4) is 0 Å². The summed E-state index contributed by atoms with van der Waals surface area (Å²) in [6, 6.07) is 4.82. The predicted molar refractivity (Wildman–Crippen MR) is 93.4 cm³/mol. The lowest BCUT2D eigenvalue weighted by Crippen LogP contribution is -2.40. The highest BCUT2D eigenvalue weighted by molar-refractivity contribution is 6.06. The monoisotopic (exact) mass is 352 g/mol. The first-order valence-corrected chi connectivity index (χ1v) is 9.16. The number of hydrazone groups is 1. The molecule has 3 fully saturated rings. The molecule has 4 aliphatic carbocycles. The summed E-state index contributed by atoms with van der Waals surface area (Å²) in [6.07, 6.45) is 6.91. The summed E-state index contributed by atoms with van der Waals surface area (Å²) in [5, 5.41) is 15.0. The van der Waals surface area contributed by atoms with E-state index in [0.717, 1.165) is 11.4 Å². The first-order valence-electron chi connectivity index (χ1n) is 9.16. The topological polar surface area (TPSA) is 79.2 Å². The molecule has 6 heteroatoms. The fourth-order valence-electron chi connectivity index (χ4n) is 5.06. The third-order valence-electron chi connectivity index (χ3n) is 6.25. The number of imide groups is 1. The summed E-state index contributed by atoms with van der Waals surface area (Å²) in [7, 11) is 0. The number of phenolic OH excluding ortho intramolecular Hbond substituents is 1. The standard InChI is InChI=1S/C20H20N2O4/c1-2-26-16-7-10(3-6-15(16)23)9-21-22-19(24)17-11-4-5-12(14-8-13(11)14)18(17)20(22)25/h3-7,9,11-14,17-18,23H,2,8H2,1H3/b21-9+/t11-,12+,13-,14+,17-,18+. The van der Waals surface area contributed by atoms with Gasteiger partial charge in [-0.15, -0.1) is 0 Å². The third-order valence-corrected chi connectivity index (χ3v) is 6.25. The maximum absolute atomic E-state index is 12.8. The van der Waals surface area contributed by atoms with E-state index in [-0.39, 0.29) is 41.2 Å². The number of hydrogen-bond donors (Lipinski definition) is 1. The molecule has 1 saturated heterocycles. The summed E-state index contributed by atoms with van der Waals surface area (Å²) in [5.74, 6) is 1.13. The summed E-state index contributed by atoms with van der Waals surface area (Å²) in [6.45, 7) is 2.26. The molecule has 0 unspecified atom stereocenters. The minimum atomic E-state index is -0.239. The Balaban J connectivity index is 1.40. The lowest BCUT2D eigenvalue weighted by Gasteiger charge is -2.37. The first kappa shape index (κ1) is 15.6. The van der Waals surface area contributed by atoms with Crippen LogP contribution in [-0.4, -0.2) is 34.8 Å². The number of carbonyl (C=O) groups is 2. The van der Waals surface area contributed by atoms with Crippen molar-refractivity contribution in [1.82, 2.24) is 5.01 Å². The molecule has 6 rings (SSSR count). The van der Waals surface area contributed by atoms with E-state index in [4.69, 9.17) is 4.74 Å². The molecule has 5 aliphatic rings. The Morgan fingerprint density at radius 3 is 2.46 bits per heavy atom. The van der Waals surface area contributed by atoms with Gasteiger partial charge in [0.2, 0.25) is 0 Å². The van der Waals surface area contributed by atoms with Crippen molar-refractivity contribution in [2.24, 2.45) is 40.6 Å². The van der Waals surface area contributed by atoms with Crippen LogP contribution in [0.5, 0.6) is 11.5 Å². The highest BCUT2D eigenvalue weighted by atomic mass is 16.5. The van der Waals surface area contributed by atoms with Crippen LogP contribution in [0.4, 0.5) is 0 Å². The van der Waals surface area contributed by atoms with Crippen LogP contribution in [0.15, 0.2) is 35.5 Å². The van der Waals surface area contributed by atoms with Crippen LogP contribution in [0.25, 0.3) is 0 Å². The van der Waals surface area contributed by atoms with Gasteiger partial charge in [0.1, 0.15) is 0 Å². The second kappa shape index (κ2) is 5.43. The summed E-state index contributed by atoms with van der Waals surface area (Å²) in [5.41, 5.74) is 0.658. The number of benzene rings is 1. The number of nitrogens with zero attached hydrogens (tertiary/aromatic N) is 2. The van der Waals surface area contributed by atoms with Gasteiger partial charge in [-0.05, 0) is 60.8 Å². The Morgan fingerprint density at radius 1 is 1.19 bits per heavy atom. The van der Waals surface area contributed by atoms with Gasteiger partial charge in [-0.3, -0.25) is 9.59 Å². The van der Waals surface area contributed by atoms with E-state index in [0.29, 0.717) is 29.8 Å². The average molecular weight is 352 g/mol. The van der Waals surface area contributed by atoms with Gasteiger partial charge in [0.05, 0.1) is 24.7 Å². The van der Waals surface area contributed by atoms with Crippen LogP contribution < -0.4 is 4.74 Å². The summed E-state index contributed by atoms with van der Waals surface area (Å²) < 4.78 is 5.35. The largest absolute Gasteiger partial charge is 0.504 e. The van der Waals surface area contributed by atoms with Gasteiger partial charge < -0.3 is 9.84 Å². The van der Waals surface area contributed by atoms with Gasteiger partial charge in [-0.25, -0.2) is 0 Å². The van der Waals surface area contributed by atoms with E-state index in [1.807, 2.05) is 6.92 Å². The minimum absolute atomic E-state index is 0.0465. The Bertz CT molecular complexity index is 825. The molecule has 1 aliphatic heterocycles. The van der Waals surface area contributed by atoms with Gasteiger partial charge >= 0.3 is 0 Å². The Labute approximate surface area is 151 Å². The van der Waals surface area contributed by atoms with E-state index in [2.05, 4.69) is 17.3 Å². The van der Waals surface area contributed by atoms with Crippen molar-refractivity contribution in [3.8, 4) is 11.5 Å². The molecule has 0 radical (unpaired) electrons. The normalized spacial score (nSPS) is 36.6. The Kier molecular flexibility index (Phi) is 3.26. The zero-order chi connectivity index (χ0) is 18.0. The van der Waals surface area contributed by atoms with Crippen LogP contribution >= 0.6 is 0 Å². The zero-order valence-electron chi connectivity index (χ0n) is 14.4. The highest BCUT2D eigenvalue weighted by Crippen LogP contribution is 2.65. The molecule has 1 aromatic rings. The maximum atomic E-state index is 12.8. The first-order chi connectivity index (χ1) is 12.6. The van der Waals surface area contributed by atoms with Crippen LogP contribution in [0.2, 0.25) is 0 Å².